The number of thiocarbonyl (C=S) groups is 2. The lowest BCUT2D eigenvalue weighted by atomic mass is 9.81. The highest BCUT2D eigenvalue weighted by molar-refractivity contribution is 8.48. The van der Waals surface area contributed by atoms with Gasteiger partial charge in [0.25, 0.3) is 0 Å². The molecule has 2 N–H and O–H groups in total. The van der Waals surface area contributed by atoms with Crippen molar-refractivity contribution >= 4 is 126 Å². The van der Waals surface area contributed by atoms with Gasteiger partial charge in [0.2, 0.25) is 11.8 Å². The third kappa shape index (κ3) is 43.8. The zero-order valence-electron chi connectivity index (χ0n) is 55.1. The second-order valence-corrected chi connectivity index (χ2v) is 31.0. The number of ether oxygens (including phenoxy) is 4. The number of carboxylic acid groups (broad SMARTS) is 2. The summed E-state index contributed by atoms with van der Waals surface area (Å²) in [4.78, 5) is 100. The van der Waals surface area contributed by atoms with Crippen LogP contribution in [-0.2, 0) is 57.3 Å². The van der Waals surface area contributed by atoms with Crippen molar-refractivity contribution < 1.29 is 67.5 Å². The summed E-state index contributed by atoms with van der Waals surface area (Å²) in [6.07, 6.45) is 33.0. The molecule has 2 rings (SSSR count). The molecule has 0 saturated carbocycles. The van der Waals surface area contributed by atoms with Crippen LogP contribution in [0.1, 0.15) is 254 Å². The first kappa shape index (κ1) is 85.1. The van der Waals surface area contributed by atoms with Gasteiger partial charge in [0, 0.05) is 32.0 Å². The van der Waals surface area contributed by atoms with Crippen LogP contribution in [0.4, 0.5) is 0 Å². The summed E-state index contributed by atoms with van der Waals surface area (Å²) < 4.78 is 22.5. The fourth-order valence-electron chi connectivity index (χ4n) is 9.32. The fraction of sp³-hybridized carbons (Fsp3) is 0.818. The van der Waals surface area contributed by atoms with Gasteiger partial charge in [-0.1, -0.05) is 211 Å². The van der Waals surface area contributed by atoms with E-state index in [1.807, 2.05) is 13.8 Å². The molecule has 2 amide bonds. The Balaban J connectivity index is 0.00000153. The summed E-state index contributed by atoms with van der Waals surface area (Å²) >= 11 is 16.7. The average molecular weight is 1350 g/mol. The van der Waals surface area contributed by atoms with Gasteiger partial charge < -0.3 is 39.0 Å². The second kappa shape index (κ2) is 53.6. The van der Waals surface area contributed by atoms with Crippen LogP contribution >= 0.6 is 71.5 Å². The van der Waals surface area contributed by atoms with Gasteiger partial charge in [-0.05, 0) is 97.0 Å². The summed E-state index contributed by atoms with van der Waals surface area (Å²) in [5, 5.41) is 17.9. The summed E-state index contributed by atoms with van der Waals surface area (Å²) in [6, 6.07) is 0. The van der Waals surface area contributed by atoms with Crippen LogP contribution in [0, 0.1) is 16.7 Å². The highest BCUT2D eigenvalue weighted by Gasteiger charge is 2.39. The zero-order valence-corrected chi connectivity index (χ0v) is 60.0. The van der Waals surface area contributed by atoms with Gasteiger partial charge in [-0.15, -0.1) is 23.5 Å². The van der Waals surface area contributed by atoms with Crippen LogP contribution in [0.5, 0.6) is 0 Å². The molecular formula is C66H114N2O14S6. The van der Waals surface area contributed by atoms with E-state index in [1.165, 1.54) is 139 Å². The van der Waals surface area contributed by atoms with Gasteiger partial charge in [0.15, 0.2) is 0 Å². The lowest BCUT2D eigenvalue weighted by Crippen LogP contribution is -2.35. The molecule has 0 aliphatic carbocycles. The molecule has 508 valence electrons. The Morgan fingerprint density at radius 1 is 0.511 bits per heavy atom. The molecule has 3 unspecified atom stereocenters. The van der Waals surface area contributed by atoms with Gasteiger partial charge in [-0.3, -0.25) is 33.6 Å². The Labute approximate surface area is 558 Å². The molecule has 0 aromatic rings. The minimum atomic E-state index is -1.21. The van der Waals surface area contributed by atoms with E-state index in [-0.39, 0.29) is 56.9 Å². The average Bonchev–Trinajstić information content (AvgIpc) is 4.12. The molecule has 0 radical (unpaired) electrons. The molecule has 0 spiro atoms. The molecule has 88 heavy (non-hydrogen) atoms. The number of amides is 2. The molecule has 0 aromatic heterocycles. The maximum absolute atomic E-state index is 13.3. The van der Waals surface area contributed by atoms with Crippen molar-refractivity contribution in [3.63, 3.8) is 0 Å². The van der Waals surface area contributed by atoms with Crippen LogP contribution in [-0.4, -0.2) is 149 Å². The van der Waals surface area contributed by atoms with Gasteiger partial charge >= 0.3 is 35.8 Å². The van der Waals surface area contributed by atoms with E-state index in [0.29, 0.717) is 52.7 Å². The lowest BCUT2D eigenvalue weighted by Gasteiger charge is -2.27. The number of hydrogen-bond acceptors (Lipinski definition) is 18. The van der Waals surface area contributed by atoms with Crippen molar-refractivity contribution in [1.82, 2.24) is 9.80 Å². The molecule has 22 heteroatoms. The summed E-state index contributed by atoms with van der Waals surface area (Å²) in [7, 11) is 0. The van der Waals surface area contributed by atoms with Crippen LogP contribution in [0.15, 0.2) is 12.7 Å². The van der Waals surface area contributed by atoms with Crippen molar-refractivity contribution in [3.05, 3.63) is 12.7 Å². The first-order valence-corrected chi connectivity index (χ1v) is 37.5. The molecule has 2 aliphatic rings. The normalized spacial score (nSPS) is 14.2. The third-order valence-electron chi connectivity index (χ3n) is 15.1. The van der Waals surface area contributed by atoms with E-state index in [0.717, 1.165) is 69.3 Å². The number of carboxylic acids is 2. The maximum Gasteiger partial charge on any atom is 0.330 e. The molecule has 2 aliphatic heterocycles. The largest absolute Gasteiger partial charge is 0.481 e. The highest BCUT2D eigenvalue weighted by atomic mass is 32.2. The molecule has 2 saturated heterocycles. The van der Waals surface area contributed by atoms with Crippen LogP contribution in [0.25, 0.3) is 0 Å². The molecule has 0 aromatic carbocycles. The third-order valence-corrected chi connectivity index (χ3v) is 20.8. The number of aliphatic carboxylic acids is 2. The monoisotopic (exact) mass is 1350 g/mol. The van der Waals surface area contributed by atoms with Crippen LogP contribution < -0.4 is 0 Å². The quantitative estimate of drug-likeness (QED) is 0.0190. The van der Waals surface area contributed by atoms with Gasteiger partial charge in [-0.25, -0.2) is 4.79 Å². The summed E-state index contributed by atoms with van der Waals surface area (Å²) in [5.41, 5.74) is -2.28. The molecule has 2 fully saturated rings. The molecule has 0 bridgehead atoms. The number of carbonyl (C=O) groups is 8. The Bertz CT molecular complexity index is 2030. The minimum absolute atomic E-state index is 0.00161. The lowest BCUT2D eigenvalue weighted by molar-refractivity contribution is -0.155. The Hall–Kier alpha value is -2.92. The Kier molecular flexibility index (Phi) is 51.8. The van der Waals surface area contributed by atoms with Crippen LogP contribution in [0.3, 0.4) is 0 Å². The number of esters is 4. The number of carbonyl (C=O) groups excluding carboxylic acids is 6. The van der Waals surface area contributed by atoms with E-state index >= 15 is 0 Å². The summed E-state index contributed by atoms with van der Waals surface area (Å²) in [5.74, 6) is -2.74. The first-order chi connectivity index (χ1) is 42.0. The highest BCUT2D eigenvalue weighted by Crippen LogP contribution is 2.36. The molecule has 2 heterocycles. The van der Waals surface area contributed by atoms with Crippen molar-refractivity contribution in [2.45, 2.75) is 265 Å². The maximum atomic E-state index is 13.3. The number of thioether (sulfide) groups is 4. The Morgan fingerprint density at radius 3 is 1.25 bits per heavy atom. The molecule has 16 nitrogen and oxygen atoms in total. The zero-order chi connectivity index (χ0) is 66.0. The standard InChI is InChI=1S/C33H57NO7S3.C26H45NO5S3.C7H12O2/c1-5-7-9-10-11-12-13-14-15-16-23-43-32(42)44-27(30(37)40-21-8-6-2)24-26(25-33(3,4)31(38)39)29(36)41-22-20-34-19-17-18-28(34)35;1-4-5-6-7-8-9-10-11-12-13-19-34-25(33)35-21(20-26(2,3)24(30)31)23(29)32-18-17-27-16-14-15-22(27)28;1-3-5-6-9-7(8)4-2/h26-27H,5-25H2,1-4H3,(H,38,39);21H,4-20H2,1-3H3,(H,30,31);4H,2-3,5-6H2,1H3. The minimum Gasteiger partial charge on any atom is -0.481 e. The Morgan fingerprint density at radius 2 is 0.864 bits per heavy atom. The SMILES string of the molecule is C=CC(=O)OCCCC.CCCCCCCCCCCCSC(=S)SC(CC(C)(C)C(=O)O)C(=O)OCCN1CCCC1=O.CCCCCCCCCCCCSC(=S)SC(CC(CC(C)(C)C(=O)O)C(=O)OCCN1CCCC1=O)C(=O)OCCCC. The fourth-order valence-corrected chi connectivity index (χ4v) is 14.9. The van der Waals surface area contributed by atoms with Gasteiger partial charge in [0.1, 0.15) is 30.8 Å². The second-order valence-electron chi connectivity index (χ2n) is 24.0. The van der Waals surface area contributed by atoms with E-state index in [4.69, 9.17) is 38.6 Å². The van der Waals surface area contributed by atoms with E-state index < -0.39 is 57.1 Å². The molecular weight excluding hydrogens is 1240 g/mol. The smallest absolute Gasteiger partial charge is 0.330 e. The van der Waals surface area contributed by atoms with Gasteiger partial charge in [-0.2, -0.15) is 0 Å². The molecule has 3 atom stereocenters. The number of rotatable bonds is 48. The van der Waals surface area contributed by atoms with Crippen molar-refractivity contribution in [2.24, 2.45) is 16.7 Å². The van der Waals surface area contributed by atoms with E-state index in [9.17, 15) is 48.6 Å². The van der Waals surface area contributed by atoms with Crippen molar-refractivity contribution in [3.8, 4) is 0 Å². The number of hydrogen-bond donors (Lipinski definition) is 2. The first-order valence-electron chi connectivity index (χ1n) is 33.0. The predicted octanol–water partition coefficient (Wildman–Crippen LogP) is 16.3. The van der Waals surface area contributed by atoms with Crippen LogP contribution in [0.2, 0.25) is 0 Å². The van der Waals surface area contributed by atoms with E-state index in [1.54, 1.807) is 61.0 Å². The van der Waals surface area contributed by atoms with Gasteiger partial charge in [0.05, 0.1) is 43.1 Å². The summed E-state index contributed by atoms with van der Waals surface area (Å²) in [6.45, 7) is 21.1. The van der Waals surface area contributed by atoms with Crippen molar-refractivity contribution in [1.29, 1.82) is 0 Å². The van der Waals surface area contributed by atoms with E-state index in [2.05, 4.69) is 25.2 Å². The predicted molar refractivity (Wildman–Crippen MR) is 372 cm³/mol. The van der Waals surface area contributed by atoms with Crippen molar-refractivity contribution in [2.75, 3.05) is 64.1 Å². The topological polar surface area (TPSA) is 220 Å². The number of nitrogens with zero attached hydrogens (tertiary/aromatic N) is 2. The number of unbranched alkanes of at least 4 members (excludes halogenated alkanes) is 20. The number of likely N-dealkylation sites (tertiary alicyclic amines) is 2.